The number of carbonyl (C=O) groups excluding carboxylic acids is 1. The van der Waals surface area contributed by atoms with Crippen LogP contribution in [0.3, 0.4) is 0 Å². The number of amides is 1. The molecule has 3 N–H and O–H groups in total. The van der Waals surface area contributed by atoms with Crippen LogP contribution in [0.4, 0.5) is 10.2 Å². The van der Waals surface area contributed by atoms with Crippen molar-refractivity contribution >= 4 is 39.0 Å². The Labute approximate surface area is 122 Å². The van der Waals surface area contributed by atoms with Gasteiger partial charge in [-0.25, -0.2) is 9.37 Å². The van der Waals surface area contributed by atoms with Crippen LogP contribution in [0, 0.1) is 5.82 Å². The molecule has 0 aliphatic heterocycles. The summed E-state index contributed by atoms with van der Waals surface area (Å²) in [5.41, 5.74) is 5.60. The number of nitrogen functional groups attached to an aromatic ring is 1. The molecule has 1 amide bonds. The highest BCUT2D eigenvalue weighted by atomic mass is 79.9. The van der Waals surface area contributed by atoms with E-state index in [1.54, 1.807) is 11.3 Å². The van der Waals surface area contributed by atoms with E-state index in [4.69, 9.17) is 5.73 Å². The van der Waals surface area contributed by atoms with Crippen LogP contribution in [-0.2, 0) is 6.42 Å². The van der Waals surface area contributed by atoms with E-state index in [9.17, 15) is 9.18 Å². The van der Waals surface area contributed by atoms with Gasteiger partial charge in [-0.05, 0) is 40.5 Å². The molecule has 2 rings (SSSR count). The zero-order valence-electron chi connectivity index (χ0n) is 9.82. The highest BCUT2D eigenvalue weighted by Gasteiger charge is 2.11. The molecule has 0 atom stereocenters. The number of nitrogens with two attached hydrogens (primary N) is 1. The van der Waals surface area contributed by atoms with E-state index in [2.05, 4.69) is 26.2 Å². The van der Waals surface area contributed by atoms with Crippen molar-refractivity contribution in [2.24, 2.45) is 0 Å². The van der Waals surface area contributed by atoms with E-state index in [1.807, 2.05) is 12.1 Å². The summed E-state index contributed by atoms with van der Waals surface area (Å²) >= 11 is 4.98. The van der Waals surface area contributed by atoms with Gasteiger partial charge in [-0.2, -0.15) is 0 Å². The lowest BCUT2D eigenvalue weighted by Gasteiger charge is -2.06. The molecule has 0 aromatic carbocycles. The van der Waals surface area contributed by atoms with Crippen molar-refractivity contribution in [1.82, 2.24) is 10.3 Å². The minimum atomic E-state index is -0.582. The van der Waals surface area contributed by atoms with Gasteiger partial charge in [-0.3, -0.25) is 4.79 Å². The van der Waals surface area contributed by atoms with Gasteiger partial charge in [-0.15, -0.1) is 11.3 Å². The fourth-order valence-corrected chi connectivity index (χ4v) is 2.99. The predicted molar refractivity (Wildman–Crippen MR) is 76.7 cm³/mol. The Morgan fingerprint density at radius 2 is 2.32 bits per heavy atom. The normalized spacial score (nSPS) is 10.4. The number of hydrogen-bond acceptors (Lipinski definition) is 4. The highest BCUT2D eigenvalue weighted by Crippen LogP contribution is 2.22. The maximum absolute atomic E-state index is 13.0. The van der Waals surface area contributed by atoms with Crippen molar-refractivity contribution in [3.8, 4) is 0 Å². The lowest BCUT2D eigenvalue weighted by Crippen LogP contribution is -2.26. The quantitative estimate of drug-likeness (QED) is 0.896. The number of aromatic nitrogens is 1. The Bertz CT molecular complexity index is 602. The molecule has 0 saturated heterocycles. The third kappa shape index (κ3) is 3.74. The monoisotopic (exact) mass is 343 g/mol. The van der Waals surface area contributed by atoms with Gasteiger partial charge >= 0.3 is 0 Å². The van der Waals surface area contributed by atoms with Crippen molar-refractivity contribution < 1.29 is 9.18 Å². The molecular weight excluding hydrogens is 333 g/mol. The van der Waals surface area contributed by atoms with E-state index in [0.717, 1.165) is 20.9 Å². The first-order chi connectivity index (χ1) is 9.06. The lowest BCUT2D eigenvalue weighted by molar-refractivity contribution is 0.0954. The Hall–Kier alpha value is -1.47. The average molecular weight is 344 g/mol. The third-order valence-corrected chi connectivity index (χ3v) is 4.10. The number of thiophene rings is 1. The Kier molecular flexibility index (Phi) is 4.49. The molecule has 0 aliphatic carbocycles. The van der Waals surface area contributed by atoms with Crippen molar-refractivity contribution in [3.63, 3.8) is 0 Å². The molecule has 19 heavy (non-hydrogen) atoms. The molecular formula is C12H11BrFN3OS. The van der Waals surface area contributed by atoms with Gasteiger partial charge < -0.3 is 11.1 Å². The number of rotatable bonds is 4. The first-order valence-corrected chi connectivity index (χ1v) is 7.10. The molecule has 2 aromatic rings. The van der Waals surface area contributed by atoms with Gasteiger partial charge in [0.25, 0.3) is 5.91 Å². The molecule has 0 saturated carbocycles. The second-order valence-electron chi connectivity index (χ2n) is 3.80. The summed E-state index contributed by atoms with van der Waals surface area (Å²) in [5.74, 6) is -0.973. The minimum Gasteiger partial charge on any atom is -0.383 e. The van der Waals surface area contributed by atoms with Gasteiger partial charge in [0, 0.05) is 11.4 Å². The largest absolute Gasteiger partial charge is 0.383 e. The van der Waals surface area contributed by atoms with Crippen LogP contribution in [0.5, 0.6) is 0 Å². The minimum absolute atomic E-state index is 0.0257. The van der Waals surface area contributed by atoms with Gasteiger partial charge in [0.15, 0.2) is 0 Å². The zero-order chi connectivity index (χ0) is 13.8. The summed E-state index contributed by atoms with van der Waals surface area (Å²) in [5, 5.41) is 2.69. The smallest absolute Gasteiger partial charge is 0.255 e. The molecule has 0 aliphatic rings. The van der Waals surface area contributed by atoms with Crippen LogP contribution in [-0.4, -0.2) is 17.4 Å². The van der Waals surface area contributed by atoms with Gasteiger partial charge in [0.05, 0.1) is 15.5 Å². The summed E-state index contributed by atoms with van der Waals surface area (Å²) in [7, 11) is 0. The topological polar surface area (TPSA) is 68.0 Å². The maximum Gasteiger partial charge on any atom is 0.255 e. The molecule has 0 unspecified atom stereocenters. The van der Waals surface area contributed by atoms with Crippen LogP contribution in [0.15, 0.2) is 28.2 Å². The van der Waals surface area contributed by atoms with E-state index in [1.165, 1.54) is 0 Å². The number of nitrogens with zero attached hydrogens (tertiary/aromatic N) is 1. The molecule has 7 heteroatoms. The Morgan fingerprint density at radius 3 is 3.00 bits per heavy atom. The van der Waals surface area contributed by atoms with Crippen LogP contribution in [0.1, 0.15) is 15.2 Å². The summed E-state index contributed by atoms with van der Waals surface area (Å²) in [4.78, 5) is 16.6. The van der Waals surface area contributed by atoms with Crippen LogP contribution in [0.25, 0.3) is 0 Å². The fourth-order valence-electron chi connectivity index (χ4n) is 1.51. The van der Waals surface area contributed by atoms with E-state index in [-0.39, 0.29) is 11.4 Å². The van der Waals surface area contributed by atoms with Crippen molar-refractivity contribution in [3.05, 3.63) is 44.4 Å². The van der Waals surface area contributed by atoms with Crippen LogP contribution in [0.2, 0.25) is 0 Å². The molecule has 2 aromatic heterocycles. The number of pyridine rings is 1. The number of halogens is 2. The lowest BCUT2D eigenvalue weighted by atomic mass is 10.2. The third-order valence-electron chi connectivity index (χ3n) is 2.42. The van der Waals surface area contributed by atoms with Crippen molar-refractivity contribution in [1.29, 1.82) is 0 Å². The molecule has 2 heterocycles. The number of anilines is 1. The predicted octanol–water partition coefficient (Wildman–Crippen LogP) is 2.60. The zero-order valence-corrected chi connectivity index (χ0v) is 12.2. The SMILES string of the molecule is Nc1ncc(F)cc1C(=O)NCCc1ccc(Br)s1. The van der Waals surface area contributed by atoms with E-state index < -0.39 is 11.7 Å². The number of nitrogens with one attached hydrogen (secondary N) is 1. The highest BCUT2D eigenvalue weighted by molar-refractivity contribution is 9.11. The van der Waals surface area contributed by atoms with Gasteiger partial charge in [-0.1, -0.05) is 0 Å². The number of carbonyl (C=O) groups is 1. The second-order valence-corrected chi connectivity index (χ2v) is 6.35. The number of hydrogen-bond donors (Lipinski definition) is 2. The standard InChI is InChI=1S/C12H11BrFN3OS/c13-10-2-1-8(19-10)3-4-16-12(18)9-5-7(14)6-17-11(9)15/h1-2,5-6H,3-4H2,(H2,15,17)(H,16,18). The van der Waals surface area contributed by atoms with Crippen molar-refractivity contribution in [2.75, 3.05) is 12.3 Å². The first-order valence-electron chi connectivity index (χ1n) is 5.49. The van der Waals surface area contributed by atoms with E-state index >= 15 is 0 Å². The van der Waals surface area contributed by atoms with E-state index in [0.29, 0.717) is 13.0 Å². The fraction of sp³-hybridized carbons (Fsp3) is 0.167. The summed E-state index contributed by atoms with van der Waals surface area (Å²) in [6.45, 7) is 0.460. The molecule has 4 nitrogen and oxygen atoms in total. The molecule has 0 spiro atoms. The van der Waals surface area contributed by atoms with Crippen LogP contribution < -0.4 is 11.1 Å². The Morgan fingerprint density at radius 1 is 1.53 bits per heavy atom. The molecule has 0 fully saturated rings. The summed E-state index contributed by atoms with van der Waals surface area (Å²) < 4.78 is 14.0. The molecule has 0 bridgehead atoms. The van der Waals surface area contributed by atoms with Gasteiger partial charge in [0.2, 0.25) is 0 Å². The molecule has 0 radical (unpaired) electrons. The summed E-state index contributed by atoms with van der Waals surface area (Å²) in [6, 6.07) is 5.02. The average Bonchev–Trinajstić information content (AvgIpc) is 2.78. The first kappa shape index (κ1) is 14.0. The Balaban J connectivity index is 1.92. The second kappa shape index (κ2) is 6.12. The molecule has 100 valence electrons. The van der Waals surface area contributed by atoms with Gasteiger partial charge in [0.1, 0.15) is 11.6 Å². The van der Waals surface area contributed by atoms with Crippen LogP contribution >= 0.6 is 27.3 Å². The maximum atomic E-state index is 13.0. The van der Waals surface area contributed by atoms with Crippen molar-refractivity contribution in [2.45, 2.75) is 6.42 Å². The summed E-state index contributed by atoms with van der Waals surface area (Å²) in [6.07, 6.45) is 1.69.